The molecule has 106 valence electrons. The lowest BCUT2D eigenvalue weighted by Crippen LogP contribution is -2.27. The van der Waals surface area contributed by atoms with Gasteiger partial charge in [0.15, 0.2) is 0 Å². The molecular weight excluding hydrogens is 269 g/mol. The summed E-state index contributed by atoms with van der Waals surface area (Å²) >= 11 is 0. The van der Waals surface area contributed by atoms with Crippen LogP contribution < -0.4 is 10.6 Å². The normalized spacial score (nSPS) is 9.67. The maximum Gasteiger partial charge on any atom is 0.259 e. The average Bonchev–Trinajstić information content (AvgIpc) is 2.52. The largest absolute Gasteiger partial charge is 0.320 e. The summed E-state index contributed by atoms with van der Waals surface area (Å²) in [6.45, 7) is 0.229. The molecule has 0 radical (unpaired) electrons. The molecule has 5 heteroatoms. The van der Waals surface area contributed by atoms with Crippen LogP contribution in [-0.4, -0.2) is 24.5 Å². The minimum Gasteiger partial charge on any atom is -0.320 e. The third-order valence-electron chi connectivity index (χ3n) is 2.84. The summed E-state index contributed by atoms with van der Waals surface area (Å²) < 4.78 is 13.7. The average molecular weight is 283 g/mol. The van der Waals surface area contributed by atoms with E-state index in [1.807, 2.05) is 0 Å². The number of halogens is 1. The molecule has 2 aromatic rings. The van der Waals surface area contributed by atoms with E-state index in [9.17, 15) is 9.18 Å². The van der Waals surface area contributed by atoms with E-state index in [0.29, 0.717) is 11.1 Å². The van der Waals surface area contributed by atoms with Gasteiger partial charge in [0.25, 0.3) is 5.91 Å². The number of hydrogen-bond acceptors (Lipinski definition) is 3. The molecule has 1 heterocycles. The van der Waals surface area contributed by atoms with Crippen LogP contribution in [0.1, 0.15) is 15.9 Å². The first-order valence-electron chi connectivity index (χ1n) is 6.30. The molecule has 1 aromatic carbocycles. The number of rotatable bonds is 2. The van der Waals surface area contributed by atoms with Crippen molar-refractivity contribution in [2.75, 3.05) is 18.5 Å². The van der Waals surface area contributed by atoms with Crippen LogP contribution in [0.15, 0.2) is 42.7 Å². The first-order chi connectivity index (χ1) is 10.1. The van der Waals surface area contributed by atoms with E-state index in [0.717, 1.165) is 0 Å². The van der Waals surface area contributed by atoms with Gasteiger partial charge in [-0.2, -0.15) is 0 Å². The molecule has 2 N–H and O–H groups in total. The molecule has 0 aliphatic heterocycles. The van der Waals surface area contributed by atoms with Gasteiger partial charge in [-0.3, -0.25) is 9.78 Å². The zero-order chi connectivity index (χ0) is 15.2. The second kappa shape index (κ2) is 6.64. The lowest BCUT2D eigenvalue weighted by Gasteiger charge is -2.17. The van der Waals surface area contributed by atoms with E-state index < -0.39 is 5.82 Å². The van der Waals surface area contributed by atoms with E-state index in [2.05, 4.69) is 16.8 Å². The van der Waals surface area contributed by atoms with Gasteiger partial charge >= 0.3 is 0 Å². The van der Waals surface area contributed by atoms with Crippen molar-refractivity contribution in [2.24, 2.45) is 5.73 Å². The molecular formula is C16H14FN3O. The summed E-state index contributed by atoms with van der Waals surface area (Å²) in [7, 11) is 1.51. The van der Waals surface area contributed by atoms with Crippen molar-refractivity contribution in [3.05, 3.63) is 59.7 Å². The van der Waals surface area contributed by atoms with Crippen LogP contribution >= 0.6 is 0 Å². The number of benzene rings is 1. The number of carbonyl (C=O) groups excluding carboxylic acids is 1. The molecule has 0 unspecified atom stereocenters. The Morgan fingerprint density at radius 2 is 2.14 bits per heavy atom. The number of pyridine rings is 1. The third kappa shape index (κ3) is 3.44. The van der Waals surface area contributed by atoms with Crippen molar-refractivity contribution in [1.82, 2.24) is 4.98 Å². The lowest BCUT2D eigenvalue weighted by molar-refractivity contribution is 0.0992. The molecule has 0 fully saturated rings. The number of hydrogen-bond donors (Lipinski definition) is 1. The number of nitrogens with two attached hydrogens (primary N) is 1. The van der Waals surface area contributed by atoms with Crippen LogP contribution in [0.4, 0.5) is 10.1 Å². The van der Waals surface area contributed by atoms with Crippen LogP contribution in [0, 0.1) is 17.7 Å². The highest BCUT2D eigenvalue weighted by atomic mass is 19.1. The Hall–Kier alpha value is -2.71. The summed E-state index contributed by atoms with van der Waals surface area (Å²) in [6, 6.07) is 7.69. The van der Waals surface area contributed by atoms with Gasteiger partial charge in [0.1, 0.15) is 5.82 Å². The summed E-state index contributed by atoms with van der Waals surface area (Å²) in [5.41, 5.74) is 6.44. The first-order valence-corrected chi connectivity index (χ1v) is 6.30. The Morgan fingerprint density at radius 1 is 1.38 bits per heavy atom. The van der Waals surface area contributed by atoms with Crippen molar-refractivity contribution in [1.29, 1.82) is 0 Å². The van der Waals surface area contributed by atoms with Crippen LogP contribution in [0.2, 0.25) is 0 Å². The van der Waals surface area contributed by atoms with E-state index in [1.165, 1.54) is 24.2 Å². The molecule has 21 heavy (non-hydrogen) atoms. The van der Waals surface area contributed by atoms with Gasteiger partial charge in [0, 0.05) is 25.0 Å². The Morgan fingerprint density at radius 3 is 2.86 bits per heavy atom. The number of anilines is 1. The second-order valence-electron chi connectivity index (χ2n) is 4.28. The van der Waals surface area contributed by atoms with E-state index in [-0.39, 0.29) is 18.1 Å². The van der Waals surface area contributed by atoms with Crippen molar-refractivity contribution >= 4 is 11.6 Å². The summed E-state index contributed by atoms with van der Waals surface area (Å²) in [6.07, 6.45) is 2.97. The van der Waals surface area contributed by atoms with Crippen molar-refractivity contribution in [3.63, 3.8) is 0 Å². The Balaban J connectivity index is 2.30. The number of amides is 1. The number of carbonyl (C=O) groups is 1. The Bertz CT molecular complexity index is 719. The molecule has 2 rings (SSSR count). The van der Waals surface area contributed by atoms with Crippen molar-refractivity contribution in [3.8, 4) is 11.8 Å². The third-order valence-corrected chi connectivity index (χ3v) is 2.84. The maximum atomic E-state index is 13.7. The fourth-order valence-electron chi connectivity index (χ4n) is 1.81. The van der Waals surface area contributed by atoms with Gasteiger partial charge < -0.3 is 10.6 Å². The molecule has 0 saturated carbocycles. The molecule has 0 aliphatic rings. The molecule has 0 aliphatic carbocycles. The predicted molar refractivity (Wildman–Crippen MR) is 79.3 cm³/mol. The van der Waals surface area contributed by atoms with E-state index >= 15 is 0 Å². The minimum atomic E-state index is -0.458. The summed E-state index contributed by atoms with van der Waals surface area (Å²) in [5.74, 6) is 4.69. The Kier molecular flexibility index (Phi) is 4.64. The zero-order valence-electron chi connectivity index (χ0n) is 11.5. The van der Waals surface area contributed by atoms with Crippen LogP contribution in [0.3, 0.4) is 0 Å². The molecule has 0 saturated heterocycles. The minimum absolute atomic E-state index is 0.209. The standard InChI is InChI=1S/C16H14FN3O/c1-20(15-7-3-2-6-14(15)17)16(21)13-9-12(5-4-8-18)10-19-11-13/h2-3,6-7,9-11H,8,18H2,1H3. The van der Waals surface area contributed by atoms with Gasteiger partial charge in [-0.15, -0.1) is 0 Å². The van der Waals surface area contributed by atoms with E-state index in [1.54, 1.807) is 30.5 Å². The monoisotopic (exact) mass is 283 g/mol. The number of nitrogens with zero attached hydrogens (tertiary/aromatic N) is 2. The maximum absolute atomic E-state index is 13.7. The van der Waals surface area contributed by atoms with Crippen LogP contribution in [0.25, 0.3) is 0 Å². The van der Waals surface area contributed by atoms with Crippen LogP contribution in [0.5, 0.6) is 0 Å². The first kappa shape index (κ1) is 14.7. The van der Waals surface area contributed by atoms with Gasteiger partial charge in [-0.05, 0) is 18.2 Å². The number of para-hydroxylation sites is 1. The fraction of sp³-hybridized carbons (Fsp3) is 0.125. The summed E-state index contributed by atoms with van der Waals surface area (Å²) in [5, 5.41) is 0. The summed E-state index contributed by atoms with van der Waals surface area (Å²) in [4.78, 5) is 17.6. The highest BCUT2D eigenvalue weighted by Crippen LogP contribution is 2.19. The Labute approximate surface area is 122 Å². The quantitative estimate of drug-likeness (QED) is 0.855. The highest BCUT2D eigenvalue weighted by Gasteiger charge is 2.16. The smallest absolute Gasteiger partial charge is 0.259 e. The van der Waals surface area contributed by atoms with Gasteiger partial charge in [-0.25, -0.2) is 4.39 Å². The SMILES string of the molecule is CN(C(=O)c1cncc(C#CCN)c1)c1ccccc1F. The van der Waals surface area contributed by atoms with Gasteiger partial charge in [-0.1, -0.05) is 24.0 Å². The van der Waals surface area contributed by atoms with Gasteiger partial charge in [0.2, 0.25) is 0 Å². The van der Waals surface area contributed by atoms with E-state index in [4.69, 9.17) is 5.73 Å². The highest BCUT2D eigenvalue weighted by molar-refractivity contribution is 6.05. The molecule has 4 nitrogen and oxygen atoms in total. The number of aromatic nitrogens is 1. The fourth-order valence-corrected chi connectivity index (χ4v) is 1.81. The van der Waals surface area contributed by atoms with Crippen molar-refractivity contribution in [2.45, 2.75) is 0 Å². The van der Waals surface area contributed by atoms with Gasteiger partial charge in [0.05, 0.1) is 17.8 Å². The topological polar surface area (TPSA) is 59.2 Å². The molecule has 0 spiro atoms. The molecule has 1 amide bonds. The molecule has 1 aromatic heterocycles. The predicted octanol–water partition coefficient (Wildman–Crippen LogP) is 1.81. The molecule has 0 atom stereocenters. The second-order valence-corrected chi connectivity index (χ2v) is 4.28. The van der Waals surface area contributed by atoms with Crippen molar-refractivity contribution < 1.29 is 9.18 Å². The van der Waals surface area contributed by atoms with Crippen LogP contribution in [-0.2, 0) is 0 Å². The lowest BCUT2D eigenvalue weighted by atomic mass is 10.1. The zero-order valence-corrected chi connectivity index (χ0v) is 11.5. The molecule has 0 bridgehead atoms.